The molecule has 5 aliphatic rings. The summed E-state index contributed by atoms with van der Waals surface area (Å²) in [5.74, 6) is 1.92. The van der Waals surface area contributed by atoms with Gasteiger partial charge in [0.2, 0.25) is 0 Å². The van der Waals surface area contributed by atoms with Crippen LogP contribution in [0.3, 0.4) is 0 Å². The van der Waals surface area contributed by atoms with Crippen molar-refractivity contribution < 1.29 is 19.2 Å². The lowest BCUT2D eigenvalue weighted by Crippen LogP contribution is -2.49. The van der Waals surface area contributed by atoms with Crippen LogP contribution in [-0.2, 0) is 6.42 Å². The highest BCUT2D eigenvalue weighted by Crippen LogP contribution is 2.65. The predicted octanol–water partition coefficient (Wildman–Crippen LogP) is 4.85. The highest BCUT2D eigenvalue weighted by Gasteiger charge is 2.54. The van der Waals surface area contributed by atoms with Gasteiger partial charge in [-0.3, -0.25) is 4.79 Å². The van der Waals surface area contributed by atoms with Gasteiger partial charge >= 0.3 is 7.12 Å². The number of fused-ring (bicyclic) bond motifs is 1. The molecule has 7 rings (SSSR count). The van der Waals surface area contributed by atoms with E-state index in [1.807, 2.05) is 24.3 Å². The Hall–Kier alpha value is -2.24. The summed E-state index contributed by atoms with van der Waals surface area (Å²) in [6, 6.07) is 13.1. The molecule has 2 aromatic carbocycles. The van der Waals surface area contributed by atoms with Gasteiger partial charge in [-0.15, -0.1) is 0 Å². The number of carbonyl (C=O) groups excluding carboxylic acids is 1. The number of allylic oxidation sites excluding steroid dienone is 2. The maximum absolute atomic E-state index is 13.8. The Morgan fingerprint density at radius 2 is 1.50 bits per heavy atom. The highest BCUT2D eigenvalue weighted by atomic mass is 19.1. The number of halogens is 1. The zero-order valence-corrected chi connectivity index (χ0v) is 18.1. The smallest absolute Gasteiger partial charge is 0.423 e. The molecule has 0 aromatic heterocycles. The van der Waals surface area contributed by atoms with Crippen molar-refractivity contribution in [3.63, 3.8) is 0 Å². The molecule has 3 nitrogen and oxygen atoms in total. The van der Waals surface area contributed by atoms with Crippen LogP contribution in [0.25, 0.3) is 0 Å². The average Bonchev–Trinajstić information content (AvgIpc) is 2.74. The number of Topliss-reactive ketones (excluding diaryl/α,β-unsaturated/α-hetero) is 1. The van der Waals surface area contributed by atoms with Crippen molar-refractivity contribution in [1.82, 2.24) is 0 Å². The fourth-order valence-corrected chi connectivity index (χ4v) is 7.94. The van der Waals surface area contributed by atoms with Gasteiger partial charge in [0, 0.05) is 17.0 Å². The number of rotatable bonds is 4. The van der Waals surface area contributed by atoms with E-state index in [0.29, 0.717) is 12.0 Å². The molecule has 5 heteroatoms. The van der Waals surface area contributed by atoms with Crippen LogP contribution in [0.5, 0.6) is 0 Å². The first-order chi connectivity index (χ1) is 15.4. The molecule has 0 amide bonds. The molecule has 0 heterocycles. The molecule has 2 aromatic rings. The normalized spacial score (nSPS) is 31.3. The number of ketones is 1. The molecule has 4 saturated carbocycles. The molecular formula is C27H28BFO3. The zero-order chi connectivity index (χ0) is 22.0. The fraction of sp³-hybridized carbons (Fsp3) is 0.444. The first-order valence-electron chi connectivity index (χ1n) is 11.9. The van der Waals surface area contributed by atoms with Gasteiger partial charge < -0.3 is 10.0 Å². The monoisotopic (exact) mass is 430 g/mol. The molecule has 4 fully saturated rings. The van der Waals surface area contributed by atoms with Crippen molar-refractivity contribution in [3.05, 3.63) is 82.1 Å². The van der Waals surface area contributed by atoms with E-state index < -0.39 is 7.12 Å². The molecule has 0 aliphatic heterocycles. The Labute approximate surface area is 188 Å². The van der Waals surface area contributed by atoms with Crippen LogP contribution >= 0.6 is 0 Å². The third-order valence-electron chi connectivity index (χ3n) is 8.70. The summed E-state index contributed by atoms with van der Waals surface area (Å²) in [6.07, 6.45) is 9.78. The highest BCUT2D eigenvalue weighted by molar-refractivity contribution is 6.60. The summed E-state index contributed by atoms with van der Waals surface area (Å²) in [5.41, 5.74) is 3.92. The molecule has 1 atom stereocenters. The van der Waals surface area contributed by atoms with Gasteiger partial charge in [0.15, 0.2) is 5.78 Å². The summed E-state index contributed by atoms with van der Waals surface area (Å²) in [5, 5.41) is 19.3. The maximum Gasteiger partial charge on any atom is 0.492 e. The van der Waals surface area contributed by atoms with Crippen LogP contribution in [0, 0.1) is 29.0 Å². The fourth-order valence-electron chi connectivity index (χ4n) is 7.94. The average molecular weight is 430 g/mol. The molecule has 0 spiro atoms. The third kappa shape index (κ3) is 3.21. The van der Waals surface area contributed by atoms with E-state index in [1.165, 1.54) is 38.5 Å². The minimum Gasteiger partial charge on any atom is -0.423 e. The molecule has 1 unspecified atom stereocenters. The van der Waals surface area contributed by atoms with Gasteiger partial charge in [0.05, 0.1) is 0 Å². The predicted molar refractivity (Wildman–Crippen MR) is 122 cm³/mol. The molecule has 32 heavy (non-hydrogen) atoms. The first-order valence-corrected chi connectivity index (χ1v) is 11.9. The number of benzene rings is 2. The molecule has 2 N–H and O–H groups in total. The van der Waals surface area contributed by atoms with Gasteiger partial charge in [-0.05, 0) is 103 Å². The Kier molecular flexibility index (Phi) is 4.71. The van der Waals surface area contributed by atoms with E-state index in [9.17, 15) is 19.2 Å². The standard InChI is InChI=1S/C27H28BFO3/c29-22-6-3-20(4-7-22)25(27-13-16-9-17(14-27)11-18(10-16)15-27)21-2-1-19-5-8-24(28(31)32)26(30)23(19)12-21/h1-4,6-8,12,16-18,25,31-32H,5,9-11,13-15H2. The van der Waals surface area contributed by atoms with Crippen molar-refractivity contribution in [2.75, 3.05) is 0 Å². The van der Waals surface area contributed by atoms with Crippen LogP contribution in [-0.4, -0.2) is 22.9 Å². The Morgan fingerprint density at radius 3 is 2.09 bits per heavy atom. The van der Waals surface area contributed by atoms with Crippen molar-refractivity contribution >= 4 is 12.9 Å². The largest absolute Gasteiger partial charge is 0.492 e. The third-order valence-corrected chi connectivity index (χ3v) is 8.70. The van der Waals surface area contributed by atoms with E-state index >= 15 is 0 Å². The second-order valence-electron chi connectivity index (χ2n) is 10.7. The van der Waals surface area contributed by atoms with Crippen molar-refractivity contribution in [3.8, 4) is 0 Å². The molecule has 0 radical (unpaired) electrons. The van der Waals surface area contributed by atoms with Crippen LogP contribution in [0.1, 0.15) is 71.5 Å². The first kappa shape index (κ1) is 20.4. The van der Waals surface area contributed by atoms with Gasteiger partial charge in [-0.2, -0.15) is 0 Å². The van der Waals surface area contributed by atoms with Crippen molar-refractivity contribution in [2.45, 2.75) is 50.9 Å². The van der Waals surface area contributed by atoms with E-state index in [1.54, 1.807) is 18.2 Å². The van der Waals surface area contributed by atoms with Gasteiger partial charge in [-0.25, -0.2) is 4.39 Å². The van der Waals surface area contributed by atoms with Crippen molar-refractivity contribution in [2.24, 2.45) is 23.2 Å². The van der Waals surface area contributed by atoms with E-state index in [2.05, 4.69) is 6.07 Å². The number of hydrogen-bond donors (Lipinski definition) is 2. The summed E-state index contributed by atoms with van der Waals surface area (Å²) in [7, 11) is -1.75. The summed E-state index contributed by atoms with van der Waals surface area (Å²) < 4.78 is 13.8. The SMILES string of the molecule is O=C1C(B(O)O)=CCc2ccc(C(c3ccc(F)cc3)C34CC5CC(CC(C5)C3)C4)cc21. The molecular weight excluding hydrogens is 402 g/mol. The number of carbonyl (C=O) groups is 1. The molecule has 164 valence electrons. The summed E-state index contributed by atoms with van der Waals surface area (Å²) in [4.78, 5) is 13.0. The Bertz CT molecular complexity index is 1070. The summed E-state index contributed by atoms with van der Waals surface area (Å²) in [6.45, 7) is 0. The van der Waals surface area contributed by atoms with Crippen LogP contribution in [0.15, 0.2) is 54.0 Å². The lowest BCUT2D eigenvalue weighted by atomic mass is 9.45. The van der Waals surface area contributed by atoms with Crippen molar-refractivity contribution in [1.29, 1.82) is 0 Å². The zero-order valence-electron chi connectivity index (χ0n) is 18.1. The van der Waals surface area contributed by atoms with Crippen LogP contribution < -0.4 is 0 Å². The number of hydrogen-bond acceptors (Lipinski definition) is 3. The van der Waals surface area contributed by atoms with E-state index in [4.69, 9.17) is 0 Å². The summed E-state index contributed by atoms with van der Waals surface area (Å²) >= 11 is 0. The molecule has 0 saturated heterocycles. The van der Waals surface area contributed by atoms with E-state index in [-0.39, 0.29) is 28.4 Å². The minimum absolute atomic E-state index is 0.0581. The lowest BCUT2D eigenvalue weighted by molar-refractivity contribution is -0.0619. The second kappa shape index (κ2) is 7.39. The van der Waals surface area contributed by atoms with Gasteiger partial charge in [-0.1, -0.05) is 30.3 Å². The lowest BCUT2D eigenvalue weighted by Gasteiger charge is -2.60. The van der Waals surface area contributed by atoms with Crippen LogP contribution in [0.2, 0.25) is 0 Å². The maximum atomic E-state index is 13.8. The Balaban J connectivity index is 1.47. The van der Waals surface area contributed by atoms with Crippen LogP contribution in [0.4, 0.5) is 4.39 Å². The van der Waals surface area contributed by atoms with Gasteiger partial charge in [0.1, 0.15) is 5.82 Å². The molecule has 4 bridgehead atoms. The Morgan fingerprint density at radius 1 is 0.906 bits per heavy atom. The van der Waals surface area contributed by atoms with E-state index in [0.717, 1.165) is 34.4 Å². The quantitative estimate of drug-likeness (QED) is 0.682. The molecule has 5 aliphatic carbocycles. The topological polar surface area (TPSA) is 57.5 Å². The minimum atomic E-state index is -1.75. The second-order valence-corrected chi connectivity index (χ2v) is 10.7. The van der Waals surface area contributed by atoms with Gasteiger partial charge in [0.25, 0.3) is 0 Å².